The minimum absolute atomic E-state index is 0.0194. The maximum atomic E-state index is 12.1. The lowest BCUT2D eigenvalue weighted by Gasteiger charge is -2.10. The second-order valence-electron chi connectivity index (χ2n) is 4.93. The number of sulfonamides is 1. The molecule has 0 fully saturated rings. The van der Waals surface area contributed by atoms with Crippen molar-refractivity contribution in [1.29, 1.82) is 0 Å². The van der Waals surface area contributed by atoms with Crippen molar-refractivity contribution < 1.29 is 8.42 Å². The standard InChI is InChI=1S/C16H19NO2S/c1-13-7-3-5-9-15(13)11-17-20(18,19)12-16-10-6-4-8-14(16)2/h3-10,17H,11-12H2,1-2H3. The summed E-state index contributed by atoms with van der Waals surface area (Å²) in [6.07, 6.45) is 0. The first-order valence-corrected chi connectivity index (χ1v) is 8.19. The fourth-order valence-electron chi connectivity index (χ4n) is 2.02. The largest absolute Gasteiger partial charge is 0.216 e. The van der Waals surface area contributed by atoms with Crippen LogP contribution in [0, 0.1) is 13.8 Å². The molecule has 0 spiro atoms. The molecule has 0 radical (unpaired) electrons. The van der Waals surface area contributed by atoms with Gasteiger partial charge in [0.1, 0.15) is 0 Å². The van der Waals surface area contributed by atoms with E-state index in [4.69, 9.17) is 0 Å². The highest BCUT2D eigenvalue weighted by molar-refractivity contribution is 7.88. The second kappa shape index (κ2) is 6.20. The average Bonchev–Trinajstić information content (AvgIpc) is 2.40. The third-order valence-electron chi connectivity index (χ3n) is 3.35. The third kappa shape index (κ3) is 3.92. The van der Waals surface area contributed by atoms with E-state index in [1.807, 2.05) is 62.4 Å². The van der Waals surface area contributed by atoms with Crippen molar-refractivity contribution in [2.24, 2.45) is 0 Å². The van der Waals surface area contributed by atoms with E-state index in [-0.39, 0.29) is 5.75 Å². The summed E-state index contributed by atoms with van der Waals surface area (Å²) in [5, 5.41) is 0. The molecule has 2 aromatic rings. The molecule has 20 heavy (non-hydrogen) atoms. The molecular weight excluding hydrogens is 270 g/mol. The molecule has 3 nitrogen and oxygen atoms in total. The Balaban J connectivity index is 2.05. The molecule has 0 aliphatic heterocycles. The third-order valence-corrected chi connectivity index (χ3v) is 4.63. The first-order valence-electron chi connectivity index (χ1n) is 6.54. The summed E-state index contributed by atoms with van der Waals surface area (Å²) in [6.45, 7) is 4.23. The topological polar surface area (TPSA) is 46.2 Å². The predicted molar refractivity (Wildman–Crippen MR) is 81.8 cm³/mol. The maximum absolute atomic E-state index is 12.1. The van der Waals surface area contributed by atoms with Gasteiger partial charge in [0.2, 0.25) is 10.0 Å². The van der Waals surface area contributed by atoms with E-state index in [1.165, 1.54) is 0 Å². The minimum atomic E-state index is -3.32. The molecule has 1 N–H and O–H groups in total. The van der Waals surface area contributed by atoms with Gasteiger partial charge < -0.3 is 0 Å². The molecule has 0 saturated heterocycles. The summed E-state index contributed by atoms with van der Waals surface area (Å²) in [4.78, 5) is 0. The van der Waals surface area contributed by atoms with Crippen LogP contribution >= 0.6 is 0 Å². The first-order chi connectivity index (χ1) is 9.48. The molecule has 0 aliphatic carbocycles. The van der Waals surface area contributed by atoms with Gasteiger partial charge in [-0.25, -0.2) is 13.1 Å². The summed E-state index contributed by atoms with van der Waals surface area (Å²) in [5.74, 6) is 0.0194. The highest BCUT2D eigenvalue weighted by atomic mass is 32.2. The maximum Gasteiger partial charge on any atom is 0.216 e. The SMILES string of the molecule is Cc1ccccc1CNS(=O)(=O)Cc1ccccc1C. The molecule has 106 valence electrons. The van der Waals surface area contributed by atoms with Crippen molar-refractivity contribution in [2.75, 3.05) is 0 Å². The van der Waals surface area contributed by atoms with Crippen molar-refractivity contribution >= 4 is 10.0 Å². The Bertz CT molecular complexity index is 693. The zero-order valence-electron chi connectivity index (χ0n) is 11.8. The van der Waals surface area contributed by atoms with Crippen LogP contribution in [0.3, 0.4) is 0 Å². The fraction of sp³-hybridized carbons (Fsp3) is 0.250. The highest BCUT2D eigenvalue weighted by Gasteiger charge is 2.13. The smallest absolute Gasteiger partial charge is 0.212 e. The summed E-state index contributed by atoms with van der Waals surface area (Å²) in [6, 6.07) is 15.3. The Labute approximate surface area is 120 Å². The average molecular weight is 289 g/mol. The van der Waals surface area contributed by atoms with Gasteiger partial charge in [0.15, 0.2) is 0 Å². The van der Waals surface area contributed by atoms with Crippen LogP contribution in [0.15, 0.2) is 48.5 Å². The normalized spacial score (nSPS) is 11.5. The molecule has 0 aliphatic rings. The predicted octanol–water partition coefficient (Wildman–Crippen LogP) is 2.92. The lowest BCUT2D eigenvalue weighted by atomic mass is 10.1. The van der Waals surface area contributed by atoms with Crippen molar-refractivity contribution in [2.45, 2.75) is 26.1 Å². The highest BCUT2D eigenvalue weighted by Crippen LogP contribution is 2.12. The van der Waals surface area contributed by atoms with Crippen LogP contribution in [-0.2, 0) is 22.3 Å². The molecule has 0 heterocycles. The Morgan fingerprint density at radius 1 is 0.850 bits per heavy atom. The van der Waals surface area contributed by atoms with Gasteiger partial charge in [0.25, 0.3) is 0 Å². The monoisotopic (exact) mass is 289 g/mol. The Morgan fingerprint density at radius 3 is 1.90 bits per heavy atom. The van der Waals surface area contributed by atoms with Crippen LogP contribution in [0.1, 0.15) is 22.3 Å². The van der Waals surface area contributed by atoms with Gasteiger partial charge >= 0.3 is 0 Å². The second-order valence-corrected chi connectivity index (χ2v) is 6.74. The summed E-state index contributed by atoms with van der Waals surface area (Å²) in [5.41, 5.74) is 3.92. The molecule has 4 heteroatoms. The van der Waals surface area contributed by atoms with Gasteiger partial charge in [0.05, 0.1) is 5.75 Å². The molecule has 0 unspecified atom stereocenters. The Morgan fingerprint density at radius 2 is 1.35 bits per heavy atom. The van der Waals surface area contributed by atoms with E-state index in [9.17, 15) is 8.42 Å². The van der Waals surface area contributed by atoms with Gasteiger partial charge in [-0.05, 0) is 36.1 Å². The van der Waals surface area contributed by atoms with Gasteiger partial charge in [-0.1, -0.05) is 48.5 Å². The van der Waals surface area contributed by atoms with E-state index in [0.717, 1.165) is 22.3 Å². The van der Waals surface area contributed by atoms with E-state index in [1.54, 1.807) is 0 Å². The minimum Gasteiger partial charge on any atom is -0.212 e. The van der Waals surface area contributed by atoms with Crippen LogP contribution in [-0.4, -0.2) is 8.42 Å². The van der Waals surface area contributed by atoms with E-state index in [0.29, 0.717) is 6.54 Å². The van der Waals surface area contributed by atoms with Crippen molar-refractivity contribution in [3.8, 4) is 0 Å². The van der Waals surface area contributed by atoms with E-state index in [2.05, 4.69) is 4.72 Å². The van der Waals surface area contributed by atoms with E-state index < -0.39 is 10.0 Å². The first kappa shape index (κ1) is 14.8. The zero-order valence-corrected chi connectivity index (χ0v) is 12.6. The number of nitrogens with one attached hydrogen (secondary N) is 1. The van der Waals surface area contributed by atoms with Gasteiger partial charge in [-0.2, -0.15) is 0 Å². The molecule has 0 bridgehead atoms. The van der Waals surface area contributed by atoms with Gasteiger partial charge in [0, 0.05) is 6.54 Å². The number of hydrogen-bond acceptors (Lipinski definition) is 2. The van der Waals surface area contributed by atoms with E-state index >= 15 is 0 Å². The van der Waals surface area contributed by atoms with Crippen LogP contribution < -0.4 is 4.72 Å². The van der Waals surface area contributed by atoms with Crippen molar-refractivity contribution in [1.82, 2.24) is 4.72 Å². The van der Waals surface area contributed by atoms with Crippen LogP contribution in [0.2, 0.25) is 0 Å². The van der Waals surface area contributed by atoms with Gasteiger partial charge in [-0.3, -0.25) is 0 Å². The molecule has 2 aromatic carbocycles. The van der Waals surface area contributed by atoms with Crippen molar-refractivity contribution in [3.63, 3.8) is 0 Å². The molecule has 2 rings (SSSR count). The molecular formula is C16H19NO2S. The van der Waals surface area contributed by atoms with Crippen LogP contribution in [0.4, 0.5) is 0 Å². The Kier molecular flexibility index (Phi) is 4.57. The van der Waals surface area contributed by atoms with Crippen LogP contribution in [0.25, 0.3) is 0 Å². The summed E-state index contributed by atoms with van der Waals surface area (Å²) in [7, 11) is -3.32. The molecule has 0 saturated carbocycles. The lowest BCUT2D eigenvalue weighted by molar-refractivity contribution is 0.580. The number of rotatable bonds is 5. The lowest BCUT2D eigenvalue weighted by Crippen LogP contribution is -2.25. The van der Waals surface area contributed by atoms with Gasteiger partial charge in [-0.15, -0.1) is 0 Å². The fourth-order valence-corrected chi connectivity index (χ4v) is 3.23. The number of benzene rings is 2. The Hall–Kier alpha value is -1.65. The summed E-state index contributed by atoms with van der Waals surface area (Å²) < 4.78 is 26.9. The number of hydrogen-bond donors (Lipinski definition) is 1. The van der Waals surface area contributed by atoms with Crippen LogP contribution in [0.5, 0.6) is 0 Å². The summed E-state index contributed by atoms with van der Waals surface area (Å²) >= 11 is 0. The van der Waals surface area contributed by atoms with Crippen molar-refractivity contribution in [3.05, 3.63) is 70.8 Å². The molecule has 0 aromatic heterocycles. The quantitative estimate of drug-likeness (QED) is 0.920. The zero-order chi connectivity index (χ0) is 14.6. The molecule has 0 atom stereocenters. The molecule has 0 amide bonds. The number of aryl methyl sites for hydroxylation is 2.